The van der Waals surface area contributed by atoms with Gasteiger partial charge in [0.25, 0.3) is 5.82 Å². The highest BCUT2D eigenvalue weighted by atomic mass is 35.5. The number of urea groups is 1. The molecule has 0 aliphatic heterocycles. The summed E-state index contributed by atoms with van der Waals surface area (Å²) in [7, 11) is 0. The van der Waals surface area contributed by atoms with Gasteiger partial charge in [-0.25, -0.2) is 4.79 Å². The van der Waals surface area contributed by atoms with E-state index in [4.69, 9.17) is 11.6 Å². The maximum Gasteiger partial charge on any atom is 0.453 e. The molecule has 7 nitrogen and oxygen atoms in total. The summed E-state index contributed by atoms with van der Waals surface area (Å²) in [6, 6.07) is 5.98. The van der Waals surface area contributed by atoms with Crippen LogP contribution in [0.2, 0.25) is 5.02 Å². The third-order valence-electron chi connectivity index (χ3n) is 2.77. The van der Waals surface area contributed by atoms with Crippen LogP contribution in [0.5, 0.6) is 0 Å². The van der Waals surface area contributed by atoms with Crippen molar-refractivity contribution < 1.29 is 18.0 Å². The molecule has 126 valence electrons. The molecule has 2 amide bonds. The van der Waals surface area contributed by atoms with Crippen LogP contribution in [-0.2, 0) is 12.7 Å². The van der Waals surface area contributed by atoms with Crippen molar-refractivity contribution in [2.45, 2.75) is 12.7 Å². The molecular formula is C12H8ClF3N6OS. The first kappa shape index (κ1) is 16.5. The van der Waals surface area contributed by atoms with Gasteiger partial charge in [0.05, 0.1) is 6.54 Å². The Balaban J connectivity index is 1.65. The van der Waals surface area contributed by atoms with Gasteiger partial charge < -0.3 is 10.6 Å². The maximum atomic E-state index is 12.7. The van der Waals surface area contributed by atoms with Crippen molar-refractivity contribution in [3.8, 4) is 0 Å². The molecule has 0 saturated carbocycles. The fourth-order valence-corrected chi connectivity index (χ4v) is 2.77. The smallest absolute Gasteiger partial charge is 0.331 e. The van der Waals surface area contributed by atoms with Crippen LogP contribution in [0.25, 0.3) is 4.96 Å². The third kappa shape index (κ3) is 3.57. The Morgan fingerprint density at radius 1 is 1.33 bits per heavy atom. The molecule has 0 unspecified atom stereocenters. The number of rotatable bonds is 3. The first-order chi connectivity index (χ1) is 11.3. The van der Waals surface area contributed by atoms with Gasteiger partial charge in [0.15, 0.2) is 0 Å². The van der Waals surface area contributed by atoms with E-state index in [0.29, 0.717) is 15.2 Å². The zero-order chi connectivity index (χ0) is 17.3. The summed E-state index contributed by atoms with van der Waals surface area (Å²) in [6.45, 7) is -0.0578. The Hall–Kier alpha value is -2.40. The van der Waals surface area contributed by atoms with E-state index in [1.54, 1.807) is 24.3 Å². The van der Waals surface area contributed by atoms with Gasteiger partial charge in [0.1, 0.15) is 5.01 Å². The highest BCUT2D eigenvalue weighted by Gasteiger charge is 2.38. The molecular weight excluding hydrogens is 369 g/mol. The normalized spacial score (nSPS) is 11.7. The van der Waals surface area contributed by atoms with Crippen LogP contribution in [-0.4, -0.2) is 25.8 Å². The monoisotopic (exact) mass is 376 g/mol. The van der Waals surface area contributed by atoms with E-state index < -0.39 is 18.0 Å². The largest absolute Gasteiger partial charge is 0.453 e. The molecule has 0 spiro atoms. The van der Waals surface area contributed by atoms with Crippen LogP contribution < -0.4 is 10.6 Å². The minimum Gasteiger partial charge on any atom is -0.331 e. The number of fused-ring (bicyclic) bond motifs is 1. The molecule has 0 atom stereocenters. The number of hydrogen-bond acceptors (Lipinski definition) is 5. The number of anilines is 1. The first-order valence-corrected chi connectivity index (χ1v) is 7.61. The molecule has 24 heavy (non-hydrogen) atoms. The van der Waals surface area contributed by atoms with Crippen LogP contribution in [0.15, 0.2) is 24.3 Å². The average molecular weight is 377 g/mol. The summed E-state index contributed by atoms with van der Waals surface area (Å²) < 4.78 is 38.7. The van der Waals surface area contributed by atoms with Gasteiger partial charge in [0, 0.05) is 10.7 Å². The summed E-state index contributed by atoms with van der Waals surface area (Å²) >= 11 is 6.70. The molecule has 3 aromatic rings. The fraction of sp³-hybridized carbons (Fsp3) is 0.167. The van der Waals surface area contributed by atoms with Crippen molar-refractivity contribution in [2.75, 3.05) is 5.32 Å². The molecule has 12 heteroatoms. The predicted octanol–water partition coefficient (Wildman–Crippen LogP) is 3.18. The molecule has 0 fully saturated rings. The van der Waals surface area contributed by atoms with Crippen molar-refractivity contribution >= 4 is 39.6 Å². The first-order valence-electron chi connectivity index (χ1n) is 6.41. The summed E-state index contributed by atoms with van der Waals surface area (Å²) in [5.74, 6) is -1.21. The number of alkyl halides is 3. The zero-order valence-electron chi connectivity index (χ0n) is 11.6. The van der Waals surface area contributed by atoms with E-state index in [9.17, 15) is 18.0 Å². The highest BCUT2D eigenvalue weighted by Crippen LogP contribution is 2.28. The van der Waals surface area contributed by atoms with E-state index in [1.807, 2.05) is 0 Å². The van der Waals surface area contributed by atoms with E-state index in [0.717, 1.165) is 11.3 Å². The number of carbonyl (C=O) groups excluding carboxylic acids is 1. The Morgan fingerprint density at radius 2 is 2.12 bits per heavy atom. The Kier molecular flexibility index (Phi) is 4.28. The Morgan fingerprint density at radius 3 is 2.83 bits per heavy atom. The second-order valence-electron chi connectivity index (χ2n) is 4.53. The van der Waals surface area contributed by atoms with Crippen molar-refractivity contribution in [2.24, 2.45) is 0 Å². The second kappa shape index (κ2) is 6.24. The number of carbonyl (C=O) groups is 1. The quantitative estimate of drug-likeness (QED) is 0.735. The topological polar surface area (TPSA) is 84.2 Å². The van der Waals surface area contributed by atoms with Gasteiger partial charge in [-0.1, -0.05) is 29.0 Å². The summed E-state index contributed by atoms with van der Waals surface area (Å²) in [5, 5.41) is 16.0. The SMILES string of the molecule is O=C(NCc1nn2c(C(F)(F)F)nnc2s1)Nc1cccc(Cl)c1. The number of nitrogens with zero attached hydrogens (tertiary/aromatic N) is 4. The number of amides is 2. The van der Waals surface area contributed by atoms with E-state index in [-0.39, 0.29) is 16.5 Å². The Labute approximate surface area is 141 Å². The molecule has 0 saturated heterocycles. The average Bonchev–Trinajstić information content (AvgIpc) is 3.03. The number of benzene rings is 1. The lowest BCUT2D eigenvalue weighted by Gasteiger charge is -2.06. The van der Waals surface area contributed by atoms with E-state index >= 15 is 0 Å². The lowest BCUT2D eigenvalue weighted by Crippen LogP contribution is -2.28. The predicted molar refractivity (Wildman–Crippen MR) is 81.0 cm³/mol. The van der Waals surface area contributed by atoms with Gasteiger partial charge in [0.2, 0.25) is 4.96 Å². The van der Waals surface area contributed by atoms with Gasteiger partial charge in [-0.2, -0.15) is 22.8 Å². The molecule has 0 radical (unpaired) electrons. The summed E-state index contributed by atoms with van der Waals surface area (Å²) in [5.41, 5.74) is 0.484. The van der Waals surface area contributed by atoms with Crippen LogP contribution >= 0.6 is 22.9 Å². The zero-order valence-corrected chi connectivity index (χ0v) is 13.2. The molecule has 0 bridgehead atoms. The standard InChI is InChI=1S/C12H8ClF3N6OS/c13-6-2-1-3-7(4-6)18-10(23)17-5-8-21-22-9(12(14,15)16)19-20-11(22)24-8/h1-4H,5H2,(H2,17,18,23). The molecule has 3 rings (SSSR count). The molecule has 1 aromatic carbocycles. The van der Waals surface area contributed by atoms with Gasteiger partial charge >= 0.3 is 12.2 Å². The highest BCUT2D eigenvalue weighted by molar-refractivity contribution is 7.16. The number of halogens is 4. The molecule has 2 aromatic heterocycles. The molecule has 0 aliphatic rings. The van der Waals surface area contributed by atoms with Crippen LogP contribution in [0, 0.1) is 0 Å². The Bertz CT molecular complexity index is 892. The molecule has 2 N–H and O–H groups in total. The van der Waals surface area contributed by atoms with E-state index in [1.165, 1.54) is 0 Å². The van der Waals surface area contributed by atoms with Gasteiger partial charge in [-0.05, 0) is 18.2 Å². The van der Waals surface area contributed by atoms with Crippen molar-refractivity contribution in [3.05, 3.63) is 40.1 Å². The number of nitrogens with one attached hydrogen (secondary N) is 2. The lowest BCUT2D eigenvalue weighted by molar-refractivity contribution is -0.146. The van der Waals surface area contributed by atoms with Gasteiger partial charge in [-0.3, -0.25) is 0 Å². The molecule has 2 heterocycles. The lowest BCUT2D eigenvalue weighted by atomic mass is 10.3. The summed E-state index contributed by atoms with van der Waals surface area (Å²) in [6.07, 6.45) is -4.65. The van der Waals surface area contributed by atoms with Crippen LogP contribution in [0.3, 0.4) is 0 Å². The van der Waals surface area contributed by atoms with Crippen molar-refractivity contribution in [1.29, 1.82) is 0 Å². The van der Waals surface area contributed by atoms with Crippen molar-refractivity contribution in [3.63, 3.8) is 0 Å². The maximum absolute atomic E-state index is 12.7. The minimum atomic E-state index is -4.65. The number of hydrogen-bond donors (Lipinski definition) is 2. The number of aromatic nitrogens is 4. The van der Waals surface area contributed by atoms with E-state index in [2.05, 4.69) is 25.9 Å². The van der Waals surface area contributed by atoms with Crippen molar-refractivity contribution in [1.82, 2.24) is 25.1 Å². The van der Waals surface area contributed by atoms with Crippen LogP contribution in [0.4, 0.5) is 23.7 Å². The third-order valence-corrected chi connectivity index (χ3v) is 3.90. The van der Waals surface area contributed by atoms with Crippen LogP contribution in [0.1, 0.15) is 10.8 Å². The minimum absolute atomic E-state index is 0.00521. The fourth-order valence-electron chi connectivity index (χ4n) is 1.80. The summed E-state index contributed by atoms with van der Waals surface area (Å²) in [4.78, 5) is 11.8. The van der Waals surface area contributed by atoms with Gasteiger partial charge in [-0.15, -0.1) is 10.2 Å². The second-order valence-corrected chi connectivity index (χ2v) is 6.01. The molecule has 0 aliphatic carbocycles.